The Bertz CT molecular complexity index is 780. The summed E-state index contributed by atoms with van der Waals surface area (Å²) in [5, 5.41) is 0. The van der Waals surface area contributed by atoms with E-state index in [-0.39, 0.29) is 11.5 Å². The van der Waals surface area contributed by atoms with Crippen LogP contribution in [0.2, 0.25) is 0 Å². The van der Waals surface area contributed by atoms with Crippen molar-refractivity contribution >= 4 is 0 Å². The molecule has 0 atom stereocenters. The van der Waals surface area contributed by atoms with E-state index in [0.717, 1.165) is 35.3 Å². The number of hydrogen-bond donors (Lipinski definition) is 0. The number of rotatable bonds is 6. The van der Waals surface area contributed by atoms with E-state index in [0.29, 0.717) is 17.6 Å². The molecule has 0 aliphatic heterocycles. The molecule has 4 nitrogen and oxygen atoms in total. The molecule has 0 radical (unpaired) electrons. The van der Waals surface area contributed by atoms with E-state index in [1.54, 1.807) is 0 Å². The van der Waals surface area contributed by atoms with Gasteiger partial charge >= 0.3 is 0 Å². The van der Waals surface area contributed by atoms with Crippen LogP contribution in [0.5, 0.6) is 17.5 Å². The van der Waals surface area contributed by atoms with Crippen molar-refractivity contribution < 1.29 is 9.47 Å². The highest BCUT2D eigenvalue weighted by Gasteiger charge is 2.29. The van der Waals surface area contributed by atoms with Gasteiger partial charge in [0.05, 0.1) is 11.7 Å². The third-order valence-corrected chi connectivity index (χ3v) is 4.70. The summed E-state index contributed by atoms with van der Waals surface area (Å²) < 4.78 is 12.7. The fourth-order valence-electron chi connectivity index (χ4n) is 3.36. The fourth-order valence-corrected chi connectivity index (χ4v) is 3.36. The summed E-state index contributed by atoms with van der Waals surface area (Å²) in [5.41, 5.74) is 4.14. The van der Waals surface area contributed by atoms with E-state index in [9.17, 15) is 0 Å². The van der Waals surface area contributed by atoms with Gasteiger partial charge in [-0.3, -0.25) is 0 Å². The van der Waals surface area contributed by atoms with Crippen LogP contribution < -0.4 is 9.47 Å². The van der Waals surface area contributed by atoms with Gasteiger partial charge < -0.3 is 9.47 Å². The molecular weight excluding hydrogens is 336 g/mol. The minimum Gasteiger partial charge on any atom is -0.474 e. The number of nitrogens with zero attached hydrogens (tertiary/aromatic N) is 2. The average molecular weight is 371 g/mol. The van der Waals surface area contributed by atoms with Gasteiger partial charge in [-0.05, 0) is 57.1 Å². The number of aryl methyl sites for hydroxylation is 4. The van der Waals surface area contributed by atoms with Crippen LogP contribution in [0.1, 0.15) is 75.5 Å². The molecule has 0 saturated carbocycles. The number of benzene rings is 1. The molecule has 4 heteroatoms. The Morgan fingerprint density at radius 2 is 1.41 bits per heavy atom. The molecule has 27 heavy (non-hydrogen) atoms. The molecule has 0 aliphatic carbocycles. The van der Waals surface area contributed by atoms with Crippen LogP contribution in [0, 0.1) is 27.7 Å². The number of aromatic nitrogens is 2. The second-order valence-corrected chi connectivity index (χ2v) is 8.39. The Kier molecular flexibility index (Phi) is 6.50. The molecule has 0 fully saturated rings. The van der Waals surface area contributed by atoms with Crippen molar-refractivity contribution in [3.8, 4) is 17.5 Å². The highest BCUT2D eigenvalue weighted by molar-refractivity contribution is 5.48. The molecule has 0 bridgehead atoms. The van der Waals surface area contributed by atoms with Gasteiger partial charge in [0.1, 0.15) is 11.6 Å². The Labute approximate surface area is 164 Å². The minimum absolute atomic E-state index is 0.135. The largest absolute Gasteiger partial charge is 0.474 e. The van der Waals surface area contributed by atoms with Crippen LogP contribution in [-0.2, 0) is 5.41 Å². The first kappa shape index (κ1) is 21.2. The zero-order valence-corrected chi connectivity index (χ0v) is 18.4. The Morgan fingerprint density at radius 3 is 1.89 bits per heavy atom. The topological polar surface area (TPSA) is 44.2 Å². The first-order valence-corrected chi connectivity index (χ1v) is 9.88. The van der Waals surface area contributed by atoms with Crippen molar-refractivity contribution in [1.82, 2.24) is 9.97 Å². The lowest BCUT2D eigenvalue weighted by Crippen LogP contribution is -2.22. The first-order chi connectivity index (χ1) is 12.6. The molecule has 0 saturated heterocycles. The number of ether oxygens (including phenoxy) is 2. The van der Waals surface area contributed by atoms with Gasteiger partial charge in [0.2, 0.25) is 11.8 Å². The maximum atomic E-state index is 6.39. The molecule has 148 valence electrons. The third kappa shape index (κ3) is 5.00. The van der Waals surface area contributed by atoms with E-state index < -0.39 is 0 Å². The lowest BCUT2D eigenvalue weighted by molar-refractivity contribution is 0.178. The molecular formula is C23H34N2O2. The summed E-state index contributed by atoms with van der Waals surface area (Å²) in [6.45, 7) is 18.8. The normalized spacial score (nSPS) is 11.8. The van der Waals surface area contributed by atoms with Gasteiger partial charge in [-0.1, -0.05) is 52.3 Å². The second-order valence-electron chi connectivity index (χ2n) is 8.39. The first-order valence-electron chi connectivity index (χ1n) is 9.88. The molecule has 1 heterocycles. The van der Waals surface area contributed by atoms with Crippen molar-refractivity contribution in [1.29, 1.82) is 0 Å². The zero-order valence-electron chi connectivity index (χ0n) is 18.4. The molecule has 2 aromatic rings. The molecule has 0 aliphatic rings. The van der Waals surface area contributed by atoms with Gasteiger partial charge in [0.15, 0.2) is 0 Å². The third-order valence-electron chi connectivity index (χ3n) is 4.70. The van der Waals surface area contributed by atoms with Gasteiger partial charge in [-0.2, -0.15) is 9.97 Å². The summed E-state index contributed by atoms with van der Waals surface area (Å²) in [7, 11) is 0. The standard InChI is InChI=1S/C23H34N2O2/c1-10-18(11-2)26-21-19(23(7,8)9)22(25-17(6)24-21)27-20-15(4)12-14(3)13-16(20)5/h12-13,18H,10-11H2,1-9H3. The minimum atomic E-state index is -0.211. The predicted octanol–water partition coefficient (Wildman–Crippen LogP) is 6.37. The van der Waals surface area contributed by atoms with E-state index in [2.05, 4.69) is 77.5 Å². The Morgan fingerprint density at radius 1 is 0.889 bits per heavy atom. The van der Waals surface area contributed by atoms with Gasteiger partial charge in [-0.25, -0.2) is 0 Å². The molecule has 0 amide bonds. The highest BCUT2D eigenvalue weighted by Crippen LogP contribution is 2.40. The van der Waals surface area contributed by atoms with Crippen molar-refractivity contribution in [2.45, 2.75) is 86.7 Å². The van der Waals surface area contributed by atoms with Crippen molar-refractivity contribution in [3.63, 3.8) is 0 Å². The van der Waals surface area contributed by atoms with E-state index >= 15 is 0 Å². The fraction of sp³-hybridized carbons (Fsp3) is 0.565. The van der Waals surface area contributed by atoms with Crippen LogP contribution in [0.3, 0.4) is 0 Å². The average Bonchev–Trinajstić information content (AvgIpc) is 2.54. The van der Waals surface area contributed by atoms with Crippen molar-refractivity contribution in [2.24, 2.45) is 0 Å². The highest BCUT2D eigenvalue weighted by atomic mass is 16.5. The molecule has 0 N–H and O–H groups in total. The second kappa shape index (κ2) is 8.28. The smallest absolute Gasteiger partial charge is 0.230 e. The van der Waals surface area contributed by atoms with Crippen LogP contribution in [0.4, 0.5) is 0 Å². The van der Waals surface area contributed by atoms with E-state index in [1.165, 1.54) is 5.56 Å². The summed E-state index contributed by atoms with van der Waals surface area (Å²) in [5.74, 6) is 2.74. The van der Waals surface area contributed by atoms with Crippen LogP contribution in [0.15, 0.2) is 12.1 Å². The maximum Gasteiger partial charge on any atom is 0.230 e. The molecule has 1 aromatic heterocycles. The van der Waals surface area contributed by atoms with E-state index in [4.69, 9.17) is 9.47 Å². The van der Waals surface area contributed by atoms with Crippen molar-refractivity contribution in [3.05, 3.63) is 40.2 Å². The molecule has 1 aromatic carbocycles. The lowest BCUT2D eigenvalue weighted by atomic mass is 9.88. The molecule has 0 unspecified atom stereocenters. The summed E-state index contributed by atoms with van der Waals surface area (Å²) in [6, 6.07) is 4.27. The van der Waals surface area contributed by atoms with Gasteiger partial charge in [0.25, 0.3) is 0 Å². The zero-order chi connectivity index (χ0) is 20.4. The quantitative estimate of drug-likeness (QED) is 0.593. The monoisotopic (exact) mass is 370 g/mol. The van der Waals surface area contributed by atoms with Crippen molar-refractivity contribution in [2.75, 3.05) is 0 Å². The maximum absolute atomic E-state index is 6.39. The summed E-state index contributed by atoms with van der Waals surface area (Å²) >= 11 is 0. The number of hydrogen-bond acceptors (Lipinski definition) is 4. The van der Waals surface area contributed by atoms with Gasteiger partial charge in [-0.15, -0.1) is 0 Å². The van der Waals surface area contributed by atoms with Gasteiger partial charge in [0, 0.05) is 0 Å². The van der Waals surface area contributed by atoms with Crippen LogP contribution in [-0.4, -0.2) is 16.1 Å². The lowest BCUT2D eigenvalue weighted by Gasteiger charge is -2.27. The SMILES string of the molecule is CCC(CC)Oc1nc(C)nc(Oc2c(C)cc(C)cc2C)c1C(C)(C)C. The van der Waals surface area contributed by atoms with Crippen LogP contribution >= 0.6 is 0 Å². The Balaban J connectivity index is 2.61. The van der Waals surface area contributed by atoms with Crippen LogP contribution in [0.25, 0.3) is 0 Å². The predicted molar refractivity (Wildman–Crippen MR) is 111 cm³/mol. The molecule has 2 rings (SSSR count). The summed E-state index contributed by atoms with van der Waals surface area (Å²) in [6.07, 6.45) is 2.02. The summed E-state index contributed by atoms with van der Waals surface area (Å²) in [4.78, 5) is 9.27. The van der Waals surface area contributed by atoms with E-state index in [1.807, 2.05) is 6.92 Å². The molecule has 0 spiro atoms. The Hall–Kier alpha value is -2.10.